The van der Waals surface area contributed by atoms with Crippen molar-refractivity contribution in [3.8, 4) is 0 Å². The van der Waals surface area contributed by atoms with Gasteiger partial charge in [0.05, 0.1) is 23.5 Å². The molecule has 0 bridgehead atoms. The van der Waals surface area contributed by atoms with Crippen molar-refractivity contribution in [1.82, 2.24) is 30.2 Å². The molecular formula is C17H28N6O. The van der Waals surface area contributed by atoms with Crippen molar-refractivity contribution in [3.05, 3.63) is 33.9 Å². The maximum Gasteiger partial charge on any atom is 0.315 e. The molecule has 0 saturated heterocycles. The van der Waals surface area contributed by atoms with Gasteiger partial charge in [0.15, 0.2) is 0 Å². The zero-order valence-electron chi connectivity index (χ0n) is 15.9. The standard InChI is InChI=1S/C17H28N6O/c1-9(15-11(3)20-22(7)13(15)5)18-17(24)19-10(2)16-12(4)21-23(8)14(16)6/h9-10H,1-8H3,(H2,18,19,24)/t9-,10-/m1/s1. The summed E-state index contributed by atoms with van der Waals surface area (Å²) in [6.07, 6.45) is 0. The van der Waals surface area contributed by atoms with Crippen molar-refractivity contribution < 1.29 is 4.79 Å². The number of carbonyl (C=O) groups excluding carboxylic acids is 1. The number of carbonyl (C=O) groups is 1. The van der Waals surface area contributed by atoms with Gasteiger partial charge >= 0.3 is 6.03 Å². The van der Waals surface area contributed by atoms with E-state index in [1.165, 1.54) is 0 Å². The Balaban J connectivity index is 2.07. The van der Waals surface area contributed by atoms with Crippen LogP contribution in [0.3, 0.4) is 0 Å². The Labute approximate surface area is 143 Å². The van der Waals surface area contributed by atoms with Gasteiger partial charge in [-0.2, -0.15) is 10.2 Å². The van der Waals surface area contributed by atoms with Crippen LogP contribution in [0, 0.1) is 27.7 Å². The highest BCUT2D eigenvalue weighted by atomic mass is 16.2. The smallest absolute Gasteiger partial charge is 0.315 e. The number of aromatic nitrogens is 4. The molecule has 0 aromatic carbocycles. The molecule has 2 atom stereocenters. The second-order valence-electron chi connectivity index (χ2n) is 6.48. The van der Waals surface area contributed by atoms with Crippen LogP contribution in [0.25, 0.3) is 0 Å². The Hall–Kier alpha value is -2.31. The highest BCUT2D eigenvalue weighted by Gasteiger charge is 2.21. The molecule has 132 valence electrons. The van der Waals surface area contributed by atoms with Crippen molar-refractivity contribution in [2.24, 2.45) is 14.1 Å². The van der Waals surface area contributed by atoms with Crippen LogP contribution < -0.4 is 10.6 Å². The average Bonchev–Trinajstić information content (AvgIpc) is 2.85. The fourth-order valence-corrected chi connectivity index (χ4v) is 3.41. The molecule has 0 fully saturated rings. The number of amides is 2. The van der Waals surface area contributed by atoms with E-state index in [4.69, 9.17) is 0 Å². The molecular weight excluding hydrogens is 304 g/mol. The van der Waals surface area contributed by atoms with Gasteiger partial charge in [0.25, 0.3) is 0 Å². The van der Waals surface area contributed by atoms with Crippen LogP contribution in [0.4, 0.5) is 4.79 Å². The molecule has 0 spiro atoms. The number of urea groups is 1. The van der Waals surface area contributed by atoms with E-state index in [9.17, 15) is 4.79 Å². The van der Waals surface area contributed by atoms with Gasteiger partial charge in [0, 0.05) is 36.6 Å². The zero-order chi connectivity index (χ0) is 18.2. The van der Waals surface area contributed by atoms with Crippen LogP contribution in [0.1, 0.15) is 59.8 Å². The van der Waals surface area contributed by atoms with E-state index in [0.717, 1.165) is 33.9 Å². The lowest BCUT2D eigenvalue weighted by Crippen LogP contribution is -2.39. The Morgan fingerprint density at radius 2 is 1.17 bits per heavy atom. The van der Waals surface area contributed by atoms with Gasteiger partial charge in [-0.15, -0.1) is 0 Å². The van der Waals surface area contributed by atoms with Gasteiger partial charge in [-0.25, -0.2) is 4.79 Å². The fraction of sp³-hybridized carbons (Fsp3) is 0.588. The number of nitrogens with zero attached hydrogens (tertiary/aromatic N) is 4. The molecule has 2 rings (SSSR count). The van der Waals surface area contributed by atoms with E-state index in [2.05, 4.69) is 20.8 Å². The second kappa shape index (κ2) is 6.67. The van der Waals surface area contributed by atoms with Gasteiger partial charge in [0.2, 0.25) is 0 Å². The van der Waals surface area contributed by atoms with Gasteiger partial charge in [-0.3, -0.25) is 9.36 Å². The summed E-state index contributed by atoms with van der Waals surface area (Å²) in [5.74, 6) is 0. The summed E-state index contributed by atoms with van der Waals surface area (Å²) in [4.78, 5) is 12.4. The molecule has 2 aromatic rings. The van der Waals surface area contributed by atoms with Crippen LogP contribution in [-0.2, 0) is 14.1 Å². The van der Waals surface area contributed by atoms with E-state index < -0.39 is 0 Å². The first-order chi connectivity index (χ1) is 11.1. The summed E-state index contributed by atoms with van der Waals surface area (Å²) in [7, 11) is 3.82. The lowest BCUT2D eigenvalue weighted by Gasteiger charge is -2.19. The fourth-order valence-electron chi connectivity index (χ4n) is 3.41. The third-order valence-corrected chi connectivity index (χ3v) is 4.69. The second-order valence-corrected chi connectivity index (χ2v) is 6.48. The molecule has 0 aliphatic heterocycles. The number of rotatable bonds is 4. The lowest BCUT2D eigenvalue weighted by molar-refractivity contribution is 0.235. The maximum absolute atomic E-state index is 12.4. The van der Waals surface area contributed by atoms with E-state index in [1.54, 1.807) is 0 Å². The molecule has 0 radical (unpaired) electrons. The first-order valence-corrected chi connectivity index (χ1v) is 8.20. The van der Waals surface area contributed by atoms with Gasteiger partial charge in [-0.05, 0) is 41.5 Å². The molecule has 0 unspecified atom stereocenters. The molecule has 2 heterocycles. The monoisotopic (exact) mass is 332 g/mol. The molecule has 0 aliphatic carbocycles. The average molecular weight is 332 g/mol. The Kier molecular flexibility index (Phi) is 5.01. The van der Waals surface area contributed by atoms with Gasteiger partial charge < -0.3 is 10.6 Å². The van der Waals surface area contributed by atoms with Crippen molar-refractivity contribution >= 4 is 6.03 Å². The highest BCUT2D eigenvalue weighted by molar-refractivity contribution is 5.75. The molecule has 2 N–H and O–H groups in total. The van der Waals surface area contributed by atoms with E-state index in [-0.39, 0.29) is 18.1 Å². The van der Waals surface area contributed by atoms with Crippen molar-refractivity contribution in [1.29, 1.82) is 0 Å². The summed E-state index contributed by atoms with van der Waals surface area (Å²) < 4.78 is 3.68. The largest absolute Gasteiger partial charge is 0.331 e. The van der Waals surface area contributed by atoms with Crippen LogP contribution >= 0.6 is 0 Å². The summed E-state index contributed by atoms with van der Waals surface area (Å²) in [6, 6.07) is -0.413. The molecule has 2 amide bonds. The maximum atomic E-state index is 12.4. The number of aryl methyl sites for hydroxylation is 4. The van der Waals surface area contributed by atoms with Crippen LogP contribution in [0.5, 0.6) is 0 Å². The minimum Gasteiger partial charge on any atom is -0.331 e. The van der Waals surface area contributed by atoms with Crippen LogP contribution in [0.15, 0.2) is 0 Å². The highest BCUT2D eigenvalue weighted by Crippen LogP contribution is 2.22. The summed E-state index contributed by atoms with van der Waals surface area (Å²) in [6.45, 7) is 11.9. The van der Waals surface area contributed by atoms with Gasteiger partial charge in [0.1, 0.15) is 0 Å². The zero-order valence-corrected chi connectivity index (χ0v) is 15.9. The normalized spacial score (nSPS) is 13.7. The van der Waals surface area contributed by atoms with Crippen LogP contribution in [0.2, 0.25) is 0 Å². The van der Waals surface area contributed by atoms with Crippen molar-refractivity contribution in [2.45, 2.75) is 53.6 Å². The first kappa shape index (κ1) is 18.0. The molecule has 7 nitrogen and oxygen atoms in total. The van der Waals surface area contributed by atoms with E-state index in [0.29, 0.717) is 0 Å². The van der Waals surface area contributed by atoms with E-state index >= 15 is 0 Å². The SMILES string of the molecule is Cc1nn(C)c(C)c1[C@@H](C)NC(=O)N[C@H](C)c1c(C)nn(C)c1C. The third-order valence-electron chi connectivity index (χ3n) is 4.69. The van der Waals surface area contributed by atoms with Crippen molar-refractivity contribution in [3.63, 3.8) is 0 Å². The summed E-state index contributed by atoms with van der Waals surface area (Å²) in [5.41, 5.74) is 6.13. The molecule has 0 aliphatic rings. The molecule has 7 heteroatoms. The van der Waals surface area contributed by atoms with Crippen molar-refractivity contribution in [2.75, 3.05) is 0 Å². The van der Waals surface area contributed by atoms with Gasteiger partial charge in [-0.1, -0.05) is 0 Å². The summed E-state index contributed by atoms with van der Waals surface area (Å²) in [5, 5.41) is 14.8. The summed E-state index contributed by atoms with van der Waals surface area (Å²) >= 11 is 0. The Bertz CT molecular complexity index is 695. The quantitative estimate of drug-likeness (QED) is 0.903. The van der Waals surface area contributed by atoms with Crippen LogP contribution in [-0.4, -0.2) is 25.6 Å². The minimum atomic E-state index is -0.194. The number of hydrogen-bond acceptors (Lipinski definition) is 3. The predicted molar refractivity (Wildman–Crippen MR) is 93.9 cm³/mol. The number of nitrogens with one attached hydrogen (secondary N) is 2. The molecule has 24 heavy (non-hydrogen) atoms. The van der Waals surface area contributed by atoms with E-state index in [1.807, 2.05) is 65.0 Å². The molecule has 2 aromatic heterocycles. The topological polar surface area (TPSA) is 76.8 Å². The Morgan fingerprint density at radius 3 is 1.42 bits per heavy atom. The predicted octanol–water partition coefficient (Wildman–Crippen LogP) is 2.51. The number of hydrogen-bond donors (Lipinski definition) is 2. The first-order valence-electron chi connectivity index (χ1n) is 8.20. The lowest BCUT2D eigenvalue weighted by atomic mass is 10.1. The third kappa shape index (κ3) is 3.29. The molecule has 0 saturated carbocycles. The Morgan fingerprint density at radius 1 is 0.833 bits per heavy atom. The minimum absolute atomic E-state index is 0.109.